The standard InChI is InChI=1S/C13H18FNO/c14-11-5-6-12-10(9-11)3-1-4-13(12)15-7-2-8-16/h5-6,9,13,15-16H,1-4,7-8H2. The summed E-state index contributed by atoms with van der Waals surface area (Å²) in [4.78, 5) is 0. The average Bonchev–Trinajstić information content (AvgIpc) is 2.29. The molecule has 0 aromatic heterocycles. The van der Waals surface area contributed by atoms with Gasteiger partial charge in [-0.2, -0.15) is 0 Å². The smallest absolute Gasteiger partial charge is 0.123 e. The Bertz CT molecular complexity index is 354. The van der Waals surface area contributed by atoms with E-state index in [1.54, 1.807) is 6.07 Å². The maximum absolute atomic E-state index is 13.1. The molecule has 16 heavy (non-hydrogen) atoms. The number of benzene rings is 1. The van der Waals surface area contributed by atoms with Crippen LogP contribution in [0.3, 0.4) is 0 Å². The van der Waals surface area contributed by atoms with Crippen molar-refractivity contribution in [3.05, 3.63) is 35.1 Å². The first-order valence-electron chi connectivity index (χ1n) is 5.94. The zero-order chi connectivity index (χ0) is 11.4. The van der Waals surface area contributed by atoms with Crippen molar-refractivity contribution >= 4 is 0 Å². The van der Waals surface area contributed by atoms with Gasteiger partial charge in [0.1, 0.15) is 5.82 Å². The Kier molecular flexibility index (Phi) is 3.91. The zero-order valence-corrected chi connectivity index (χ0v) is 9.38. The van der Waals surface area contributed by atoms with E-state index in [0.717, 1.165) is 37.8 Å². The monoisotopic (exact) mass is 223 g/mol. The van der Waals surface area contributed by atoms with E-state index in [1.807, 2.05) is 6.07 Å². The molecular weight excluding hydrogens is 205 g/mol. The van der Waals surface area contributed by atoms with E-state index in [9.17, 15) is 4.39 Å². The molecule has 0 bridgehead atoms. The van der Waals surface area contributed by atoms with Crippen molar-refractivity contribution < 1.29 is 9.50 Å². The van der Waals surface area contributed by atoms with Crippen LogP contribution in [0, 0.1) is 5.82 Å². The van der Waals surface area contributed by atoms with Crippen LogP contribution >= 0.6 is 0 Å². The SMILES string of the molecule is OCCCNC1CCCc2cc(F)ccc21. The third-order valence-corrected chi connectivity index (χ3v) is 3.14. The van der Waals surface area contributed by atoms with Crippen LogP contribution in [0.1, 0.15) is 36.4 Å². The van der Waals surface area contributed by atoms with Gasteiger partial charge < -0.3 is 10.4 Å². The number of aliphatic hydroxyl groups excluding tert-OH is 1. The lowest BCUT2D eigenvalue weighted by atomic mass is 9.87. The first-order chi connectivity index (χ1) is 7.81. The number of rotatable bonds is 4. The summed E-state index contributed by atoms with van der Waals surface area (Å²) >= 11 is 0. The van der Waals surface area contributed by atoms with Crippen molar-refractivity contribution in [3.8, 4) is 0 Å². The van der Waals surface area contributed by atoms with Crippen LogP contribution in [-0.2, 0) is 6.42 Å². The molecule has 1 aromatic carbocycles. The van der Waals surface area contributed by atoms with Gasteiger partial charge in [-0.15, -0.1) is 0 Å². The van der Waals surface area contributed by atoms with Crippen LogP contribution in [0.2, 0.25) is 0 Å². The quantitative estimate of drug-likeness (QED) is 0.767. The Morgan fingerprint density at radius 1 is 1.44 bits per heavy atom. The van der Waals surface area contributed by atoms with Crippen molar-refractivity contribution in [2.45, 2.75) is 31.7 Å². The molecule has 1 aliphatic carbocycles. The van der Waals surface area contributed by atoms with Crippen LogP contribution in [0.25, 0.3) is 0 Å². The first kappa shape index (κ1) is 11.6. The molecule has 2 nitrogen and oxygen atoms in total. The van der Waals surface area contributed by atoms with Gasteiger partial charge in [-0.1, -0.05) is 6.07 Å². The highest BCUT2D eigenvalue weighted by molar-refractivity contribution is 5.32. The fourth-order valence-corrected chi connectivity index (χ4v) is 2.35. The van der Waals surface area contributed by atoms with Crippen LogP contribution in [0.5, 0.6) is 0 Å². The molecule has 1 aliphatic rings. The summed E-state index contributed by atoms with van der Waals surface area (Å²) in [6, 6.07) is 5.40. The summed E-state index contributed by atoms with van der Waals surface area (Å²) < 4.78 is 13.1. The number of fused-ring (bicyclic) bond motifs is 1. The molecule has 0 radical (unpaired) electrons. The number of nitrogens with one attached hydrogen (secondary N) is 1. The predicted octanol–water partition coefficient (Wildman–Crippen LogP) is 2.18. The summed E-state index contributed by atoms with van der Waals surface area (Å²) in [5.41, 5.74) is 2.36. The first-order valence-corrected chi connectivity index (χ1v) is 5.94. The summed E-state index contributed by atoms with van der Waals surface area (Å²) in [6.07, 6.45) is 3.95. The lowest BCUT2D eigenvalue weighted by Gasteiger charge is -2.26. The van der Waals surface area contributed by atoms with Gasteiger partial charge in [-0.25, -0.2) is 4.39 Å². The largest absolute Gasteiger partial charge is 0.396 e. The van der Waals surface area contributed by atoms with E-state index in [1.165, 1.54) is 11.6 Å². The normalized spacial score (nSPS) is 19.5. The number of hydrogen-bond acceptors (Lipinski definition) is 2. The summed E-state index contributed by atoms with van der Waals surface area (Å²) in [5, 5.41) is 12.2. The fourth-order valence-electron chi connectivity index (χ4n) is 2.35. The minimum atomic E-state index is -0.144. The lowest BCUT2D eigenvalue weighted by molar-refractivity contribution is 0.281. The van der Waals surface area contributed by atoms with E-state index in [2.05, 4.69) is 5.32 Å². The molecule has 2 rings (SSSR count). The molecular formula is C13H18FNO. The van der Waals surface area contributed by atoms with E-state index < -0.39 is 0 Å². The molecule has 2 N–H and O–H groups in total. The second-order valence-electron chi connectivity index (χ2n) is 4.32. The molecule has 1 unspecified atom stereocenters. The van der Waals surface area contributed by atoms with Crippen LogP contribution in [0.4, 0.5) is 4.39 Å². The van der Waals surface area contributed by atoms with Gasteiger partial charge >= 0.3 is 0 Å². The van der Waals surface area contributed by atoms with E-state index in [4.69, 9.17) is 5.11 Å². The van der Waals surface area contributed by atoms with E-state index in [0.29, 0.717) is 6.04 Å². The number of hydrogen-bond donors (Lipinski definition) is 2. The van der Waals surface area contributed by atoms with Crippen molar-refractivity contribution in [3.63, 3.8) is 0 Å². The van der Waals surface area contributed by atoms with Crippen LogP contribution < -0.4 is 5.32 Å². The Labute approximate surface area is 95.5 Å². The summed E-state index contributed by atoms with van der Waals surface area (Å²) in [6.45, 7) is 1.04. The highest BCUT2D eigenvalue weighted by atomic mass is 19.1. The lowest BCUT2D eigenvalue weighted by Crippen LogP contribution is -2.26. The number of aliphatic hydroxyl groups is 1. The van der Waals surface area contributed by atoms with E-state index in [-0.39, 0.29) is 12.4 Å². The topological polar surface area (TPSA) is 32.3 Å². The second-order valence-corrected chi connectivity index (χ2v) is 4.32. The third kappa shape index (κ3) is 2.60. The van der Waals surface area contributed by atoms with Gasteiger partial charge in [0.15, 0.2) is 0 Å². The molecule has 0 heterocycles. The summed E-state index contributed by atoms with van der Waals surface area (Å²) in [5.74, 6) is -0.144. The van der Waals surface area contributed by atoms with Gasteiger partial charge in [-0.3, -0.25) is 0 Å². The average molecular weight is 223 g/mol. The fraction of sp³-hybridized carbons (Fsp3) is 0.538. The van der Waals surface area contributed by atoms with Gasteiger partial charge in [-0.05, 0) is 55.5 Å². The molecule has 0 fully saturated rings. The highest BCUT2D eigenvalue weighted by Gasteiger charge is 2.19. The predicted molar refractivity (Wildman–Crippen MR) is 61.8 cm³/mol. The maximum Gasteiger partial charge on any atom is 0.123 e. The molecule has 0 amide bonds. The van der Waals surface area contributed by atoms with Crippen LogP contribution in [0.15, 0.2) is 18.2 Å². The molecule has 1 aromatic rings. The molecule has 3 heteroatoms. The van der Waals surface area contributed by atoms with Crippen molar-refractivity contribution in [1.29, 1.82) is 0 Å². The molecule has 1 atom stereocenters. The maximum atomic E-state index is 13.1. The Balaban J connectivity index is 2.07. The van der Waals surface area contributed by atoms with Gasteiger partial charge in [0.05, 0.1) is 0 Å². The van der Waals surface area contributed by atoms with Crippen molar-refractivity contribution in [2.24, 2.45) is 0 Å². The number of halogens is 1. The molecule has 88 valence electrons. The Morgan fingerprint density at radius 3 is 3.12 bits per heavy atom. The zero-order valence-electron chi connectivity index (χ0n) is 9.38. The molecule has 0 saturated carbocycles. The van der Waals surface area contributed by atoms with Crippen molar-refractivity contribution in [1.82, 2.24) is 5.32 Å². The minimum Gasteiger partial charge on any atom is -0.396 e. The van der Waals surface area contributed by atoms with Gasteiger partial charge in [0.25, 0.3) is 0 Å². The molecule has 0 aliphatic heterocycles. The number of aryl methyl sites for hydroxylation is 1. The van der Waals surface area contributed by atoms with Gasteiger partial charge in [0.2, 0.25) is 0 Å². The minimum absolute atomic E-state index is 0.144. The Morgan fingerprint density at radius 2 is 2.31 bits per heavy atom. The van der Waals surface area contributed by atoms with Crippen LogP contribution in [-0.4, -0.2) is 18.3 Å². The summed E-state index contributed by atoms with van der Waals surface area (Å²) in [7, 11) is 0. The van der Waals surface area contributed by atoms with Gasteiger partial charge in [0, 0.05) is 12.6 Å². The van der Waals surface area contributed by atoms with Crippen molar-refractivity contribution in [2.75, 3.05) is 13.2 Å². The van der Waals surface area contributed by atoms with E-state index >= 15 is 0 Å². The third-order valence-electron chi connectivity index (χ3n) is 3.14. The highest BCUT2D eigenvalue weighted by Crippen LogP contribution is 2.29. The Hall–Kier alpha value is -0.930. The molecule has 0 saturated heterocycles. The molecule has 0 spiro atoms. The second kappa shape index (κ2) is 5.41.